The lowest BCUT2D eigenvalue weighted by atomic mass is 10.1. The zero-order valence-electron chi connectivity index (χ0n) is 15.7. The van der Waals surface area contributed by atoms with Gasteiger partial charge in [-0.2, -0.15) is 0 Å². The number of H-pyrrole nitrogens is 1. The van der Waals surface area contributed by atoms with Crippen LogP contribution in [0, 0.1) is 27.7 Å². The Hall–Kier alpha value is -3.41. The van der Waals surface area contributed by atoms with Crippen LogP contribution in [0.25, 0.3) is 5.69 Å². The number of aliphatic imine (C=N–C) groups is 1. The van der Waals surface area contributed by atoms with Crippen molar-refractivity contribution in [3.05, 3.63) is 80.3 Å². The molecule has 0 aliphatic heterocycles. The van der Waals surface area contributed by atoms with Gasteiger partial charge < -0.3 is 5.11 Å². The molecule has 6 nitrogen and oxygen atoms in total. The SMILES string of the molecule is Cc1ccc(-n2[nH]c(C)c(C=Nc3cc(C(=O)O)ccc3C)c2=O)cc1C. The van der Waals surface area contributed by atoms with Crippen LogP contribution < -0.4 is 5.56 Å². The van der Waals surface area contributed by atoms with Crippen molar-refractivity contribution in [3.63, 3.8) is 0 Å². The fourth-order valence-corrected chi connectivity index (χ4v) is 2.77. The number of rotatable bonds is 4. The smallest absolute Gasteiger partial charge is 0.335 e. The Morgan fingerprint density at radius 2 is 1.74 bits per heavy atom. The maximum absolute atomic E-state index is 12.8. The molecule has 0 fully saturated rings. The molecule has 0 aliphatic carbocycles. The van der Waals surface area contributed by atoms with Crippen LogP contribution in [0.15, 0.2) is 46.2 Å². The summed E-state index contributed by atoms with van der Waals surface area (Å²) in [6.07, 6.45) is 1.49. The second-order valence-electron chi connectivity index (χ2n) is 6.62. The zero-order chi connectivity index (χ0) is 19.7. The molecule has 27 heavy (non-hydrogen) atoms. The number of carboxylic acids is 1. The molecule has 0 saturated heterocycles. The minimum absolute atomic E-state index is 0.158. The number of nitrogens with one attached hydrogen (secondary N) is 1. The number of nitrogens with zero attached hydrogens (tertiary/aromatic N) is 2. The number of aromatic nitrogens is 2. The topological polar surface area (TPSA) is 87.4 Å². The molecule has 1 heterocycles. The molecule has 0 spiro atoms. The van der Waals surface area contributed by atoms with Gasteiger partial charge in [0, 0.05) is 11.9 Å². The molecule has 0 bridgehead atoms. The number of carbonyl (C=O) groups is 1. The van der Waals surface area contributed by atoms with Crippen LogP contribution in [-0.2, 0) is 0 Å². The predicted octanol–water partition coefficient (Wildman–Crippen LogP) is 3.85. The third kappa shape index (κ3) is 3.60. The maximum atomic E-state index is 12.8. The van der Waals surface area contributed by atoms with Crippen LogP contribution in [0.3, 0.4) is 0 Å². The highest BCUT2D eigenvalue weighted by atomic mass is 16.4. The van der Waals surface area contributed by atoms with Gasteiger partial charge >= 0.3 is 5.97 Å². The van der Waals surface area contributed by atoms with Crippen LogP contribution >= 0.6 is 0 Å². The Bertz CT molecular complexity index is 1120. The zero-order valence-corrected chi connectivity index (χ0v) is 15.7. The van der Waals surface area contributed by atoms with Gasteiger partial charge in [0.15, 0.2) is 0 Å². The van der Waals surface area contributed by atoms with Crippen molar-refractivity contribution >= 4 is 17.9 Å². The molecule has 0 amide bonds. The van der Waals surface area contributed by atoms with E-state index in [1.54, 1.807) is 13.0 Å². The van der Waals surface area contributed by atoms with E-state index in [9.17, 15) is 9.59 Å². The Labute approximate surface area is 156 Å². The molecule has 0 aliphatic rings. The van der Waals surface area contributed by atoms with Crippen molar-refractivity contribution in [1.29, 1.82) is 0 Å². The lowest BCUT2D eigenvalue weighted by Crippen LogP contribution is -2.17. The standard InChI is InChI=1S/C21H21N3O3/c1-12-6-8-17(9-14(12)3)24-20(25)18(15(4)23-24)11-22-19-10-16(21(26)27)7-5-13(19)2/h5-11,23H,1-4H3,(H,26,27). The number of carboxylic acid groups (broad SMARTS) is 1. The summed E-state index contributed by atoms with van der Waals surface area (Å²) in [5.74, 6) is -1.01. The average Bonchev–Trinajstić information content (AvgIpc) is 2.90. The normalized spacial score (nSPS) is 11.3. The number of benzene rings is 2. The van der Waals surface area contributed by atoms with Gasteiger partial charge in [-0.05, 0) is 68.7 Å². The van der Waals surface area contributed by atoms with Crippen molar-refractivity contribution in [2.75, 3.05) is 0 Å². The van der Waals surface area contributed by atoms with Gasteiger partial charge in [0.25, 0.3) is 5.56 Å². The van der Waals surface area contributed by atoms with Crippen LogP contribution in [0.2, 0.25) is 0 Å². The average molecular weight is 363 g/mol. The van der Waals surface area contributed by atoms with E-state index in [0.717, 1.165) is 22.4 Å². The molecule has 6 heteroatoms. The minimum Gasteiger partial charge on any atom is -0.478 e. The van der Waals surface area contributed by atoms with Gasteiger partial charge in [0.05, 0.1) is 22.5 Å². The first-order chi connectivity index (χ1) is 12.8. The molecular weight excluding hydrogens is 342 g/mol. The van der Waals surface area contributed by atoms with Crippen LogP contribution in [0.4, 0.5) is 5.69 Å². The first-order valence-corrected chi connectivity index (χ1v) is 8.55. The Kier molecular flexibility index (Phi) is 4.81. The first kappa shape index (κ1) is 18.4. The van der Waals surface area contributed by atoms with Crippen LogP contribution in [0.1, 0.15) is 38.3 Å². The molecule has 3 aromatic rings. The van der Waals surface area contributed by atoms with Crippen LogP contribution in [0.5, 0.6) is 0 Å². The summed E-state index contributed by atoms with van der Waals surface area (Å²) in [5.41, 5.74) is 5.45. The second kappa shape index (κ2) is 7.07. The van der Waals surface area contributed by atoms with Gasteiger partial charge in [-0.25, -0.2) is 9.48 Å². The fraction of sp³-hybridized carbons (Fsp3) is 0.190. The largest absolute Gasteiger partial charge is 0.478 e. The summed E-state index contributed by atoms with van der Waals surface area (Å²) in [4.78, 5) is 28.3. The molecule has 1 aromatic heterocycles. The fourth-order valence-electron chi connectivity index (χ4n) is 2.77. The molecular formula is C21H21N3O3. The van der Waals surface area contributed by atoms with E-state index in [1.807, 2.05) is 39.0 Å². The minimum atomic E-state index is -1.01. The second-order valence-corrected chi connectivity index (χ2v) is 6.62. The third-order valence-electron chi connectivity index (χ3n) is 4.65. The Balaban J connectivity index is 2.02. The van der Waals surface area contributed by atoms with Gasteiger partial charge in [-0.3, -0.25) is 14.9 Å². The summed E-state index contributed by atoms with van der Waals surface area (Å²) >= 11 is 0. The number of hydrogen-bond acceptors (Lipinski definition) is 3. The van der Waals surface area contributed by atoms with Gasteiger partial charge in [0.2, 0.25) is 0 Å². The van der Waals surface area contributed by atoms with Gasteiger partial charge in [0.1, 0.15) is 0 Å². The molecule has 0 atom stereocenters. The molecule has 2 aromatic carbocycles. The lowest BCUT2D eigenvalue weighted by Gasteiger charge is -2.05. The summed E-state index contributed by atoms with van der Waals surface area (Å²) in [6, 6.07) is 10.5. The summed E-state index contributed by atoms with van der Waals surface area (Å²) < 4.78 is 1.49. The molecule has 138 valence electrons. The summed E-state index contributed by atoms with van der Waals surface area (Å²) in [7, 11) is 0. The van der Waals surface area contributed by atoms with Crippen molar-refractivity contribution in [3.8, 4) is 5.69 Å². The number of aromatic carboxylic acids is 1. The van der Waals surface area contributed by atoms with Crippen molar-refractivity contribution in [1.82, 2.24) is 9.78 Å². The predicted molar refractivity (Wildman–Crippen MR) is 106 cm³/mol. The molecule has 0 saturated carbocycles. The third-order valence-corrected chi connectivity index (χ3v) is 4.65. The van der Waals surface area contributed by atoms with Crippen molar-refractivity contribution in [2.45, 2.75) is 27.7 Å². The monoisotopic (exact) mass is 363 g/mol. The number of aryl methyl sites for hydroxylation is 4. The highest BCUT2D eigenvalue weighted by Crippen LogP contribution is 2.20. The number of aromatic amines is 1. The van der Waals surface area contributed by atoms with Crippen molar-refractivity contribution < 1.29 is 9.90 Å². The Morgan fingerprint density at radius 3 is 2.41 bits per heavy atom. The van der Waals surface area contributed by atoms with E-state index in [0.29, 0.717) is 16.9 Å². The van der Waals surface area contributed by atoms with E-state index in [1.165, 1.54) is 23.0 Å². The maximum Gasteiger partial charge on any atom is 0.335 e. The molecule has 0 radical (unpaired) electrons. The Morgan fingerprint density at radius 1 is 1.04 bits per heavy atom. The van der Waals surface area contributed by atoms with E-state index in [2.05, 4.69) is 10.1 Å². The van der Waals surface area contributed by atoms with E-state index in [-0.39, 0.29) is 11.1 Å². The van der Waals surface area contributed by atoms with E-state index in [4.69, 9.17) is 5.11 Å². The number of hydrogen-bond donors (Lipinski definition) is 2. The van der Waals surface area contributed by atoms with Gasteiger partial charge in [-0.1, -0.05) is 12.1 Å². The lowest BCUT2D eigenvalue weighted by molar-refractivity contribution is 0.0697. The first-order valence-electron chi connectivity index (χ1n) is 8.55. The quantitative estimate of drug-likeness (QED) is 0.690. The summed E-state index contributed by atoms with van der Waals surface area (Å²) in [6.45, 7) is 7.67. The van der Waals surface area contributed by atoms with Crippen molar-refractivity contribution in [2.24, 2.45) is 4.99 Å². The molecule has 0 unspecified atom stereocenters. The van der Waals surface area contributed by atoms with E-state index >= 15 is 0 Å². The van der Waals surface area contributed by atoms with E-state index < -0.39 is 5.97 Å². The molecule has 3 rings (SSSR count). The highest BCUT2D eigenvalue weighted by Gasteiger charge is 2.12. The molecule has 2 N–H and O–H groups in total. The van der Waals surface area contributed by atoms with Gasteiger partial charge in [-0.15, -0.1) is 0 Å². The summed E-state index contributed by atoms with van der Waals surface area (Å²) in [5, 5.41) is 12.2. The highest BCUT2D eigenvalue weighted by molar-refractivity contribution is 5.90. The van der Waals surface area contributed by atoms with Crippen LogP contribution in [-0.4, -0.2) is 27.1 Å².